The lowest BCUT2D eigenvalue weighted by Gasteiger charge is -2.30. The van der Waals surface area contributed by atoms with Gasteiger partial charge in [0, 0.05) is 5.92 Å². The van der Waals surface area contributed by atoms with E-state index in [0.717, 1.165) is 0 Å². The van der Waals surface area contributed by atoms with Crippen LogP contribution in [0.25, 0.3) is 0 Å². The Bertz CT molecular complexity index is 516. The molecule has 1 heterocycles. The number of fused-ring (bicyclic) bond motifs is 1. The van der Waals surface area contributed by atoms with Crippen LogP contribution in [0, 0.1) is 11.8 Å². The van der Waals surface area contributed by atoms with E-state index in [4.69, 9.17) is 9.47 Å². The number of esters is 2. The smallest absolute Gasteiger partial charge is 0.337 e. The van der Waals surface area contributed by atoms with Crippen molar-refractivity contribution in [2.45, 2.75) is 26.4 Å². The SMILES string of the molecule is COC(=O)C1=C(O)[C@@H]2OC(C)=C(C(=O)OC)[C@@H]2CC1C. The zero-order chi connectivity index (χ0) is 15.0. The predicted octanol–water partition coefficient (Wildman–Crippen LogP) is 1.47. The molecule has 2 aliphatic rings. The van der Waals surface area contributed by atoms with Gasteiger partial charge in [-0.2, -0.15) is 0 Å². The highest BCUT2D eigenvalue weighted by Crippen LogP contribution is 2.45. The second-order valence-electron chi connectivity index (χ2n) is 5.03. The first-order valence-electron chi connectivity index (χ1n) is 6.39. The Balaban J connectivity index is 2.40. The van der Waals surface area contributed by atoms with E-state index in [1.54, 1.807) is 13.8 Å². The van der Waals surface area contributed by atoms with Crippen LogP contribution in [0.5, 0.6) is 0 Å². The molecule has 0 spiro atoms. The first-order chi connectivity index (χ1) is 9.42. The molecule has 0 fully saturated rings. The van der Waals surface area contributed by atoms with E-state index in [9.17, 15) is 14.7 Å². The van der Waals surface area contributed by atoms with E-state index in [-0.39, 0.29) is 23.2 Å². The molecule has 6 nitrogen and oxygen atoms in total. The van der Waals surface area contributed by atoms with Gasteiger partial charge in [0.25, 0.3) is 0 Å². The molecular formula is C14H18O6. The van der Waals surface area contributed by atoms with Crippen molar-refractivity contribution in [3.8, 4) is 0 Å². The van der Waals surface area contributed by atoms with Gasteiger partial charge >= 0.3 is 11.9 Å². The van der Waals surface area contributed by atoms with Crippen molar-refractivity contribution >= 4 is 11.9 Å². The van der Waals surface area contributed by atoms with Crippen LogP contribution in [-0.2, 0) is 23.8 Å². The number of hydrogen-bond acceptors (Lipinski definition) is 6. The molecule has 1 aliphatic heterocycles. The third-order valence-electron chi connectivity index (χ3n) is 3.88. The topological polar surface area (TPSA) is 82.1 Å². The molecule has 0 aromatic carbocycles. The lowest BCUT2D eigenvalue weighted by atomic mass is 9.76. The average Bonchev–Trinajstić information content (AvgIpc) is 2.74. The molecule has 1 unspecified atom stereocenters. The predicted molar refractivity (Wildman–Crippen MR) is 68.5 cm³/mol. The molecule has 0 aromatic rings. The summed E-state index contributed by atoms with van der Waals surface area (Å²) < 4.78 is 15.0. The lowest BCUT2D eigenvalue weighted by Crippen LogP contribution is -2.34. The van der Waals surface area contributed by atoms with Gasteiger partial charge in [0.05, 0.1) is 25.4 Å². The molecule has 0 amide bonds. The first-order valence-corrected chi connectivity index (χ1v) is 6.39. The Hall–Kier alpha value is -1.98. The molecule has 1 aliphatic carbocycles. The maximum Gasteiger partial charge on any atom is 0.337 e. The lowest BCUT2D eigenvalue weighted by molar-refractivity contribution is -0.137. The van der Waals surface area contributed by atoms with Gasteiger partial charge in [-0.25, -0.2) is 9.59 Å². The van der Waals surface area contributed by atoms with Gasteiger partial charge in [0.2, 0.25) is 0 Å². The van der Waals surface area contributed by atoms with Crippen molar-refractivity contribution in [2.75, 3.05) is 14.2 Å². The Labute approximate surface area is 117 Å². The Kier molecular flexibility index (Phi) is 3.74. The zero-order valence-corrected chi connectivity index (χ0v) is 11.9. The van der Waals surface area contributed by atoms with Gasteiger partial charge in [-0.1, -0.05) is 6.92 Å². The number of allylic oxidation sites excluding steroid dienone is 1. The standard InChI is InChI=1S/C14H18O6/c1-6-5-8-10(14(17)19-4)7(2)20-12(8)11(15)9(6)13(16)18-3/h6,8,12,15H,5H2,1-4H3/t6?,8-,12+/m0/s1. The average molecular weight is 282 g/mol. The maximum absolute atomic E-state index is 11.8. The number of aliphatic hydroxyl groups is 1. The third-order valence-corrected chi connectivity index (χ3v) is 3.88. The van der Waals surface area contributed by atoms with Gasteiger partial charge in [0.15, 0.2) is 6.10 Å². The number of aliphatic hydroxyl groups excluding tert-OH is 1. The van der Waals surface area contributed by atoms with Crippen molar-refractivity contribution in [1.82, 2.24) is 0 Å². The van der Waals surface area contributed by atoms with E-state index in [2.05, 4.69) is 4.74 Å². The molecule has 3 atom stereocenters. The number of ether oxygens (including phenoxy) is 3. The van der Waals surface area contributed by atoms with E-state index >= 15 is 0 Å². The Morgan fingerprint density at radius 1 is 1.20 bits per heavy atom. The normalized spacial score (nSPS) is 28.9. The summed E-state index contributed by atoms with van der Waals surface area (Å²) in [5.74, 6) is -1.28. The van der Waals surface area contributed by atoms with Crippen molar-refractivity contribution in [3.63, 3.8) is 0 Å². The third kappa shape index (κ3) is 2.05. The van der Waals surface area contributed by atoms with Crippen molar-refractivity contribution < 1.29 is 28.9 Å². The minimum atomic E-state index is -0.714. The summed E-state index contributed by atoms with van der Waals surface area (Å²) in [6, 6.07) is 0. The molecule has 0 aromatic heterocycles. The van der Waals surface area contributed by atoms with E-state index in [1.807, 2.05) is 0 Å². The zero-order valence-electron chi connectivity index (χ0n) is 11.9. The minimum Gasteiger partial charge on any atom is -0.508 e. The van der Waals surface area contributed by atoms with Crippen LogP contribution in [0.4, 0.5) is 0 Å². The van der Waals surface area contributed by atoms with Crippen LogP contribution in [0.2, 0.25) is 0 Å². The summed E-state index contributed by atoms with van der Waals surface area (Å²) in [4.78, 5) is 23.5. The molecular weight excluding hydrogens is 264 g/mol. The second kappa shape index (κ2) is 5.19. The molecule has 1 N–H and O–H groups in total. The highest BCUT2D eigenvalue weighted by Gasteiger charge is 2.48. The molecule has 6 heteroatoms. The summed E-state index contributed by atoms with van der Waals surface area (Å²) in [6.45, 7) is 3.46. The van der Waals surface area contributed by atoms with Crippen molar-refractivity contribution in [1.29, 1.82) is 0 Å². The Morgan fingerprint density at radius 3 is 2.30 bits per heavy atom. The number of methoxy groups -OCH3 is 2. The van der Waals surface area contributed by atoms with Gasteiger partial charge < -0.3 is 19.3 Å². The van der Waals surface area contributed by atoms with Crippen LogP contribution < -0.4 is 0 Å². The fourth-order valence-corrected chi connectivity index (χ4v) is 2.96. The van der Waals surface area contributed by atoms with Crippen LogP contribution in [-0.4, -0.2) is 37.4 Å². The fraction of sp³-hybridized carbons (Fsp3) is 0.571. The van der Waals surface area contributed by atoms with E-state index in [0.29, 0.717) is 17.8 Å². The second-order valence-corrected chi connectivity index (χ2v) is 5.03. The highest BCUT2D eigenvalue weighted by molar-refractivity contribution is 5.92. The summed E-state index contributed by atoms with van der Waals surface area (Å²) in [7, 11) is 2.57. The molecule has 0 saturated heterocycles. The van der Waals surface area contributed by atoms with Gasteiger partial charge in [-0.15, -0.1) is 0 Å². The molecule has 0 bridgehead atoms. The summed E-state index contributed by atoms with van der Waals surface area (Å²) >= 11 is 0. The molecule has 20 heavy (non-hydrogen) atoms. The first kappa shape index (κ1) is 14.4. The van der Waals surface area contributed by atoms with Gasteiger partial charge in [0.1, 0.15) is 11.5 Å². The van der Waals surface area contributed by atoms with Crippen LogP contribution >= 0.6 is 0 Å². The van der Waals surface area contributed by atoms with E-state index in [1.165, 1.54) is 14.2 Å². The highest BCUT2D eigenvalue weighted by atomic mass is 16.5. The number of carbonyl (C=O) groups excluding carboxylic acids is 2. The maximum atomic E-state index is 11.8. The molecule has 0 radical (unpaired) electrons. The van der Waals surface area contributed by atoms with Crippen LogP contribution in [0.15, 0.2) is 22.7 Å². The molecule has 2 rings (SSSR count). The monoisotopic (exact) mass is 282 g/mol. The molecule has 110 valence electrons. The Morgan fingerprint density at radius 2 is 1.75 bits per heavy atom. The van der Waals surface area contributed by atoms with Crippen LogP contribution in [0.3, 0.4) is 0 Å². The molecule has 0 saturated carbocycles. The quantitative estimate of drug-likeness (QED) is 0.772. The minimum absolute atomic E-state index is 0.154. The number of carbonyl (C=O) groups is 2. The van der Waals surface area contributed by atoms with Gasteiger partial charge in [-0.3, -0.25) is 0 Å². The summed E-state index contributed by atoms with van der Waals surface area (Å²) in [5, 5.41) is 10.3. The summed E-state index contributed by atoms with van der Waals surface area (Å²) in [6.07, 6.45) is -0.199. The largest absolute Gasteiger partial charge is 0.508 e. The van der Waals surface area contributed by atoms with Crippen molar-refractivity contribution in [2.24, 2.45) is 11.8 Å². The van der Waals surface area contributed by atoms with Crippen molar-refractivity contribution in [3.05, 3.63) is 22.7 Å². The van der Waals surface area contributed by atoms with Gasteiger partial charge in [-0.05, 0) is 19.3 Å². The number of hydrogen-bond donors (Lipinski definition) is 1. The van der Waals surface area contributed by atoms with Crippen LogP contribution in [0.1, 0.15) is 20.3 Å². The number of rotatable bonds is 2. The van der Waals surface area contributed by atoms with E-state index < -0.39 is 18.0 Å². The summed E-state index contributed by atoms with van der Waals surface area (Å²) in [5.41, 5.74) is 0.646. The fourth-order valence-electron chi connectivity index (χ4n) is 2.96.